The van der Waals surface area contributed by atoms with Gasteiger partial charge in [-0.05, 0) is 62.4 Å². The molecule has 0 saturated heterocycles. The number of aromatic nitrogens is 2. The summed E-state index contributed by atoms with van der Waals surface area (Å²) in [5.41, 5.74) is 9.91. The van der Waals surface area contributed by atoms with Crippen molar-refractivity contribution in [3.63, 3.8) is 0 Å². The highest BCUT2D eigenvalue weighted by Gasteiger charge is 2.19. The Balaban J connectivity index is 0.000000491. The molecule has 0 unspecified atom stereocenters. The van der Waals surface area contributed by atoms with Crippen LogP contribution in [0.2, 0.25) is 0 Å². The molecule has 0 amide bonds. The van der Waals surface area contributed by atoms with E-state index >= 15 is 0 Å². The van der Waals surface area contributed by atoms with Crippen LogP contribution in [0, 0.1) is 11.3 Å². The monoisotopic (exact) mass is 420 g/mol. The van der Waals surface area contributed by atoms with Gasteiger partial charge in [-0.15, -0.1) is 0 Å². The maximum absolute atomic E-state index is 9.40. The van der Waals surface area contributed by atoms with Crippen LogP contribution < -0.4 is 10.5 Å². The molecule has 3 aromatic rings. The third-order valence-corrected chi connectivity index (χ3v) is 4.84. The number of methoxy groups -OCH3 is 1. The molecule has 1 aromatic heterocycles. The maximum atomic E-state index is 9.40. The Morgan fingerprint density at radius 3 is 2.74 bits per heavy atom. The van der Waals surface area contributed by atoms with Crippen LogP contribution in [0.1, 0.15) is 37.0 Å². The van der Waals surface area contributed by atoms with Crippen LogP contribution in [0.15, 0.2) is 40.9 Å². The van der Waals surface area contributed by atoms with E-state index in [9.17, 15) is 5.26 Å². The second-order valence-electron chi connectivity index (χ2n) is 7.49. The summed E-state index contributed by atoms with van der Waals surface area (Å²) >= 11 is 0. The zero-order chi connectivity index (χ0) is 22.2. The molecule has 0 radical (unpaired) electrons. The van der Waals surface area contributed by atoms with Crippen LogP contribution in [0.5, 0.6) is 5.75 Å². The number of fused-ring (bicyclic) bond motifs is 1. The number of rotatable bonds is 6. The Kier molecular flexibility index (Phi) is 7.76. The largest absolute Gasteiger partial charge is 0.490 e. The smallest absolute Gasteiger partial charge is 0.258 e. The molecule has 4 rings (SSSR count). The van der Waals surface area contributed by atoms with E-state index in [0.717, 1.165) is 18.4 Å². The van der Waals surface area contributed by atoms with E-state index in [1.165, 1.54) is 17.5 Å². The maximum Gasteiger partial charge on any atom is 0.258 e. The summed E-state index contributed by atoms with van der Waals surface area (Å²) < 4.78 is 15.7. The van der Waals surface area contributed by atoms with Crippen molar-refractivity contribution >= 4 is 0 Å². The van der Waals surface area contributed by atoms with E-state index in [2.05, 4.69) is 27.0 Å². The molecular formula is C24H28N4O3. The zero-order valence-electron chi connectivity index (χ0n) is 18.2. The molecular weight excluding hydrogens is 392 g/mol. The molecule has 0 bridgehead atoms. The molecule has 0 atom stereocenters. The Morgan fingerprint density at radius 1 is 1.23 bits per heavy atom. The molecule has 162 valence electrons. The van der Waals surface area contributed by atoms with Crippen molar-refractivity contribution in [2.24, 2.45) is 5.73 Å². The van der Waals surface area contributed by atoms with Crippen LogP contribution in [-0.2, 0) is 17.6 Å². The van der Waals surface area contributed by atoms with Gasteiger partial charge in [0.2, 0.25) is 5.82 Å². The van der Waals surface area contributed by atoms with Gasteiger partial charge < -0.3 is 19.7 Å². The third-order valence-electron chi connectivity index (χ3n) is 4.84. The van der Waals surface area contributed by atoms with E-state index in [1.54, 1.807) is 19.2 Å². The number of ether oxygens (including phenoxy) is 2. The lowest BCUT2D eigenvalue weighted by molar-refractivity contribution is 0.207. The minimum atomic E-state index is 0.00290. The van der Waals surface area contributed by atoms with Gasteiger partial charge in [0.05, 0.1) is 18.3 Å². The van der Waals surface area contributed by atoms with E-state index in [-0.39, 0.29) is 6.10 Å². The molecule has 7 heteroatoms. The molecule has 2 N–H and O–H groups in total. The Hall–Kier alpha value is -3.21. The number of aryl methyl sites for hydroxylation is 1. The molecule has 0 fully saturated rings. The topological polar surface area (TPSA) is 107 Å². The molecule has 0 aliphatic heterocycles. The molecule has 1 aliphatic rings. The average Bonchev–Trinajstić information content (AvgIpc) is 3.44. The first-order valence-corrected chi connectivity index (χ1v) is 10.4. The Morgan fingerprint density at radius 2 is 2.06 bits per heavy atom. The van der Waals surface area contributed by atoms with Crippen molar-refractivity contribution in [3.8, 4) is 34.7 Å². The third kappa shape index (κ3) is 5.48. The lowest BCUT2D eigenvalue weighted by Crippen LogP contribution is -2.06. The fraction of sp³-hybridized carbons (Fsp3) is 0.375. The summed E-state index contributed by atoms with van der Waals surface area (Å²) in [6.07, 6.45) is 3.33. The van der Waals surface area contributed by atoms with E-state index < -0.39 is 0 Å². The highest BCUT2D eigenvalue weighted by atomic mass is 16.5. The van der Waals surface area contributed by atoms with E-state index in [1.807, 2.05) is 32.0 Å². The standard InChI is InChI=1S/C21H19N3O2.C3H9NO/c1-13(2)25-19-10-9-15(11-16(19)12-22)21-23-20(24-26-21)18-8-4-6-14-5-3-7-17(14)18;1-5-3-2-4/h4,6,8-11,13H,3,5,7H2,1-2H3;2-4H2,1H3. The highest BCUT2D eigenvalue weighted by Crippen LogP contribution is 2.32. The highest BCUT2D eigenvalue weighted by molar-refractivity contribution is 5.66. The normalized spacial score (nSPS) is 12.1. The van der Waals surface area contributed by atoms with Crippen molar-refractivity contribution < 1.29 is 14.0 Å². The van der Waals surface area contributed by atoms with Crippen molar-refractivity contribution in [2.75, 3.05) is 20.3 Å². The van der Waals surface area contributed by atoms with Crippen LogP contribution in [-0.4, -0.2) is 36.5 Å². The number of nitrogens with two attached hydrogens (primary N) is 1. The first kappa shape index (κ1) is 22.5. The minimum Gasteiger partial charge on any atom is -0.490 e. The second kappa shape index (κ2) is 10.7. The summed E-state index contributed by atoms with van der Waals surface area (Å²) in [6, 6.07) is 13.8. The fourth-order valence-corrected chi connectivity index (χ4v) is 3.50. The van der Waals surface area contributed by atoms with Gasteiger partial charge in [-0.1, -0.05) is 23.4 Å². The van der Waals surface area contributed by atoms with Crippen molar-refractivity contribution in [2.45, 2.75) is 39.2 Å². The molecule has 0 saturated carbocycles. The summed E-state index contributed by atoms with van der Waals surface area (Å²) in [6.45, 7) is 5.14. The first-order valence-electron chi connectivity index (χ1n) is 10.4. The van der Waals surface area contributed by atoms with Crippen LogP contribution >= 0.6 is 0 Å². The minimum absolute atomic E-state index is 0.00290. The van der Waals surface area contributed by atoms with Crippen molar-refractivity contribution in [1.29, 1.82) is 5.26 Å². The average molecular weight is 421 g/mol. The van der Waals surface area contributed by atoms with E-state index in [0.29, 0.717) is 41.7 Å². The fourth-order valence-electron chi connectivity index (χ4n) is 3.50. The number of nitrogens with zero attached hydrogens (tertiary/aromatic N) is 3. The summed E-state index contributed by atoms with van der Waals surface area (Å²) in [5, 5.41) is 13.6. The van der Waals surface area contributed by atoms with Crippen LogP contribution in [0.4, 0.5) is 0 Å². The Labute approximate surface area is 182 Å². The zero-order valence-corrected chi connectivity index (χ0v) is 18.2. The lowest BCUT2D eigenvalue weighted by atomic mass is 10.0. The molecule has 0 spiro atoms. The molecule has 31 heavy (non-hydrogen) atoms. The van der Waals surface area contributed by atoms with Crippen molar-refractivity contribution in [3.05, 3.63) is 53.1 Å². The quantitative estimate of drug-likeness (QED) is 0.638. The van der Waals surface area contributed by atoms with Gasteiger partial charge in [-0.3, -0.25) is 0 Å². The van der Waals surface area contributed by atoms with Gasteiger partial charge in [0.1, 0.15) is 11.8 Å². The lowest BCUT2D eigenvalue weighted by Gasteiger charge is -2.11. The second-order valence-corrected chi connectivity index (χ2v) is 7.49. The number of hydrogen-bond donors (Lipinski definition) is 1. The summed E-state index contributed by atoms with van der Waals surface area (Å²) in [7, 11) is 1.63. The summed E-state index contributed by atoms with van der Waals surface area (Å²) in [5.74, 6) is 1.56. The van der Waals surface area contributed by atoms with Crippen molar-refractivity contribution in [1.82, 2.24) is 10.1 Å². The molecule has 1 aliphatic carbocycles. The van der Waals surface area contributed by atoms with Gasteiger partial charge in [0.25, 0.3) is 5.89 Å². The van der Waals surface area contributed by atoms with Crippen LogP contribution in [0.25, 0.3) is 22.8 Å². The summed E-state index contributed by atoms with van der Waals surface area (Å²) in [4.78, 5) is 4.57. The SMILES string of the molecule is CC(C)Oc1ccc(-c2nc(-c3cccc4c3CCC4)no2)cc1C#N.COCCN. The predicted octanol–water partition coefficient (Wildman–Crippen LogP) is 4.14. The molecule has 7 nitrogen and oxygen atoms in total. The van der Waals surface area contributed by atoms with Crippen LogP contribution in [0.3, 0.4) is 0 Å². The van der Waals surface area contributed by atoms with Gasteiger partial charge in [-0.2, -0.15) is 10.2 Å². The first-order chi connectivity index (χ1) is 15.1. The number of nitriles is 1. The van der Waals surface area contributed by atoms with E-state index in [4.69, 9.17) is 15.0 Å². The number of benzene rings is 2. The van der Waals surface area contributed by atoms with Gasteiger partial charge in [0.15, 0.2) is 0 Å². The van der Waals surface area contributed by atoms with Gasteiger partial charge >= 0.3 is 0 Å². The predicted molar refractivity (Wildman–Crippen MR) is 119 cm³/mol. The number of hydrogen-bond acceptors (Lipinski definition) is 7. The van der Waals surface area contributed by atoms with Gasteiger partial charge in [-0.25, -0.2) is 0 Å². The van der Waals surface area contributed by atoms with Gasteiger partial charge in [0, 0.05) is 24.8 Å². The molecule has 1 heterocycles. The molecule has 2 aromatic carbocycles. The Bertz CT molecular complexity index is 1050.